The molecule has 1 aliphatic rings. The summed E-state index contributed by atoms with van der Waals surface area (Å²) in [5.74, 6) is 0.939. The van der Waals surface area contributed by atoms with Crippen LogP contribution in [-0.2, 0) is 10.0 Å². The first kappa shape index (κ1) is 22.1. The van der Waals surface area contributed by atoms with E-state index in [0.717, 1.165) is 5.56 Å². The standard InChI is InChI=1S/C22H27NO6S/c1-15-5-7-18(8-6-15)30(25,26)23-11-9-16(10-12-23)21(24)17-13-19(27-2)22(29-4)20(14-17)28-3/h5-8,13-14,16H,9-12H2,1-4H3. The number of carbonyl (C=O) groups excluding carboxylic acids is 1. The van der Waals surface area contributed by atoms with Gasteiger partial charge in [-0.25, -0.2) is 8.42 Å². The van der Waals surface area contributed by atoms with Crippen LogP contribution in [0.4, 0.5) is 0 Å². The molecule has 162 valence electrons. The van der Waals surface area contributed by atoms with Crippen molar-refractivity contribution in [3.05, 3.63) is 47.5 Å². The van der Waals surface area contributed by atoms with Gasteiger partial charge in [0.2, 0.25) is 15.8 Å². The Hall–Kier alpha value is -2.58. The molecule has 0 aliphatic carbocycles. The number of sulfonamides is 1. The van der Waals surface area contributed by atoms with Crippen molar-refractivity contribution in [2.45, 2.75) is 24.7 Å². The van der Waals surface area contributed by atoms with Crippen molar-refractivity contribution in [3.63, 3.8) is 0 Å². The third-order valence-corrected chi connectivity index (χ3v) is 7.35. The maximum Gasteiger partial charge on any atom is 0.243 e. The summed E-state index contributed by atoms with van der Waals surface area (Å²) >= 11 is 0. The van der Waals surface area contributed by atoms with Crippen molar-refractivity contribution in [1.29, 1.82) is 0 Å². The molecular formula is C22H27NO6S. The van der Waals surface area contributed by atoms with Gasteiger partial charge in [-0.1, -0.05) is 17.7 Å². The highest BCUT2D eigenvalue weighted by atomic mass is 32.2. The molecule has 0 bridgehead atoms. The minimum atomic E-state index is -3.56. The van der Waals surface area contributed by atoms with E-state index in [1.54, 1.807) is 36.4 Å². The number of nitrogens with zero attached hydrogens (tertiary/aromatic N) is 1. The number of benzene rings is 2. The van der Waals surface area contributed by atoms with Gasteiger partial charge in [0.1, 0.15) is 0 Å². The van der Waals surface area contributed by atoms with Gasteiger partial charge in [-0.05, 0) is 44.0 Å². The molecule has 1 heterocycles. The average Bonchev–Trinajstić information content (AvgIpc) is 2.77. The number of hydrogen-bond acceptors (Lipinski definition) is 6. The molecule has 1 aliphatic heterocycles. The smallest absolute Gasteiger partial charge is 0.243 e. The van der Waals surface area contributed by atoms with E-state index in [2.05, 4.69) is 0 Å². The molecular weight excluding hydrogens is 406 g/mol. The Morgan fingerprint density at radius 3 is 1.93 bits per heavy atom. The summed E-state index contributed by atoms with van der Waals surface area (Å²) in [5, 5.41) is 0. The summed E-state index contributed by atoms with van der Waals surface area (Å²) in [6.45, 7) is 2.52. The number of methoxy groups -OCH3 is 3. The van der Waals surface area contributed by atoms with Gasteiger partial charge >= 0.3 is 0 Å². The van der Waals surface area contributed by atoms with Crippen molar-refractivity contribution in [2.24, 2.45) is 5.92 Å². The van der Waals surface area contributed by atoms with Crippen molar-refractivity contribution in [1.82, 2.24) is 4.31 Å². The van der Waals surface area contributed by atoms with Crippen LogP contribution in [0, 0.1) is 12.8 Å². The highest BCUT2D eigenvalue weighted by Crippen LogP contribution is 2.39. The lowest BCUT2D eigenvalue weighted by Crippen LogP contribution is -2.40. The van der Waals surface area contributed by atoms with Crippen LogP contribution in [-0.4, -0.2) is 52.9 Å². The highest BCUT2D eigenvalue weighted by Gasteiger charge is 2.33. The van der Waals surface area contributed by atoms with Gasteiger partial charge in [0.05, 0.1) is 26.2 Å². The van der Waals surface area contributed by atoms with Crippen LogP contribution in [0.25, 0.3) is 0 Å². The van der Waals surface area contributed by atoms with Crippen molar-refractivity contribution < 1.29 is 27.4 Å². The van der Waals surface area contributed by atoms with E-state index in [1.807, 2.05) is 6.92 Å². The number of ether oxygens (including phenoxy) is 3. The molecule has 0 N–H and O–H groups in total. The Bertz CT molecular complexity index is 983. The molecule has 2 aromatic carbocycles. The lowest BCUT2D eigenvalue weighted by atomic mass is 9.89. The number of hydrogen-bond donors (Lipinski definition) is 0. The molecule has 0 radical (unpaired) electrons. The minimum Gasteiger partial charge on any atom is -0.493 e. The van der Waals surface area contributed by atoms with Gasteiger partial charge in [0, 0.05) is 24.6 Å². The van der Waals surface area contributed by atoms with E-state index in [0.29, 0.717) is 48.7 Å². The average molecular weight is 434 g/mol. The number of carbonyl (C=O) groups is 1. The molecule has 0 saturated carbocycles. The third kappa shape index (κ3) is 4.29. The number of aryl methyl sites for hydroxylation is 1. The van der Waals surface area contributed by atoms with E-state index >= 15 is 0 Å². The van der Waals surface area contributed by atoms with Crippen molar-refractivity contribution in [2.75, 3.05) is 34.4 Å². The molecule has 1 fully saturated rings. The first-order chi connectivity index (χ1) is 14.3. The van der Waals surface area contributed by atoms with E-state index in [1.165, 1.54) is 25.6 Å². The molecule has 0 amide bonds. The molecule has 3 rings (SSSR count). The van der Waals surface area contributed by atoms with Crippen LogP contribution < -0.4 is 14.2 Å². The Morgan fingerprint density at radius 2 is 1.47 bits per heavy atom. The fourth-order valence-corrected chi connectivity index (χ4v) is 5.15. The minimum absolute atomic E-state index is 0.0540. The van der Waals surface area contributed by atoms with Crippen LogP contribution in [0.3, 0.4) is 0 Å². The molecule has 0 aromatic heterocycles. The molecule has 8 heteroatoms. The zero-order valence-electron chi connectivity index (χ0n) is 17.7. The summed E-state index contributed by atoms with van der Waals surface area (Å²) in [6.07, 6.45) is 0.918. The molecule has 7 nitrogen and oxygen atoms in total. The Balaban J connectivity index is 1.75. The third-order valence-electron chi connectivity index (χ3n) is 5.43. The van der Waals surface area contributed by atoms with Crippen LogP contribution >= 0.6 is 0 Å². The highest BCUT2D eigenvalue weighted by molar-refractivity contribution is 7.89. The molecule has 0 unspecified atom stereocenters. The monoisotopic (exact) mass is 433 g/mol. The van der Waals surface area contributed by atoms with Gasteiger partial charge < -0.3 is 14.2 Å². The topological polar surface area (TPSA) is 82.1 Å². The fourth-order valence-electron chi connectivity index (χ4n) is 3.68. The first-order valence-corrected chi connectivity index (χ1v) is 11.2. The van der Waals surface area contributed by atoms with Gasteiger partial charge in [-0.2, -0.15) is 4.31 Å². The zero-order valence-corrected chi connectivity index (χ0v) is 18.5. The van der Waals surface area contributed by atoms with Crippen molar-refractivity contribution >= 4 is 15.8 Å². The van der Waals surface area contributed by atoms with E-state index < -0.39 is 10.0 Å². The maximum atomic E-state index is 13.1. The number of piperidine rings is 1. The van der Waals surface area contributed by atoms with E-state index in [9.17, 15) is 13.2 Å². The molecule has 1 saturated heterocycles. The van der Waals surface area contributed by atoms with Crippen molar-refractivity contribution in [3.8, 4) is 17.2 Å². The van der Waals surface area contributed by atoms with Crippen LogP contribution in [0.2, 0.25) is 0 Å². The normalized spacial score (nSPS) is 15.6. The quantitative estimate of drug-likeness (QED) is 0.623. The lowest BCUT2D eigenvalue weighted by molar-refractivity contribution is 0.0874. The van der Waals surface area contributed by atoms with Gasteiger partial charge in [0.15, 0.2) is 17.3 Å². The van der Waals surface area contributed by atoms with E-state index in [-0.39, 0.29) is 16.6 Å². The second kappa shape index (κ2) is 9.06. The van der Waals surface area contributed by atoms with Crippen LogP contribution in [0.15, 0.2) is 41.3 Å². The summed E-state index contributed by atoms with van der Waals surface area (Å²) in [7, 11) is 0.949. The maximum absolute atomic E-state index is 13.1. The second-order valence-corrected chi connectivity index (χ2v) is 9.21. The SMILES string of the molecule is COc1cc(C(=O)C2CCN(S(=O)(=O)c3ccc(C)cc3)CC2)cc(OC)c1OC. The van der Waals surface area contributed by atoms with E-state index in [4.69, 9.17) is 14.2 Å². The summed E-state index contributed by atoms with van der Waals surface area (Å²) in [4.78, 5) is 13.4. The Kier molecular flexibility index (Phi) is 6.67. The number of ketones is 1. The Morgan fingerprint density at radius 1 is 0.933 bits per heavy atom. The second-order valence-electron chi connectivity index (χ2n) is 7.27. The van der Waals surface area contributed by atoms with Gasteiger partial charge in [-0.15, -0.1) is 0 Å². The predicted molar refractivity (Wildman–Crippen MR) is 113 cm³/mol. The van der Waals surface area contributed by atoms with Crippen LogP contribution in [0.5, 0.6) is 17.2 Å². The summed E-state index contributed by atoms with van der Waals surface area (Å²) in [5.41, 5.74) is 1.47. The summed E-state index contributed by atoms with van der Waals surface area (Å²) < 4.78 is 43.2. The largest absolute Gasteiger partial charge is 0.493 e. The van der Waals surface area contributed by atoms with Gasteiger partial charge in [0.25, 0.3) is 0 Å². The predicted octanol–water partition coefficient (Wildman–Crippen LogP) is 3.30. The number of Topliss-reactive ketones (excluding diaryl/α,β-unsaturated/α-hetero) is 1. The molecule has 30 heavy (non-hydrogen) atoms. The summed E-state index contributed by atoms with van der Waals surface area (Å²) in [6, 6.07) is 10.1. The molecule has 2 aromatic rings. The number of rotatable bonds is 7. The molecule has 0 spiro atoms. The lowest BCUT2D eigenvalue weighted by Gasteiger charge is -2.30. The zero-order chi connectivity index (χ0) is 21.9. The Labute approximate surface area is 177 Å². The van der Waals surface area contributed by atoms with Gasteiger partial charge in [-0.3, -0.25) is 4.79 Å². The first-order valence-electron chi connectivity index (χ1n) is 9.72. The fraction of sp³-hybridized carbons (Fsp3) is 0.409. The molecule has 0 atom stereocenters. The van der Waals surface area contributed by atoms with Crippen LogP contribution in [0.1, 0.15) is 28.8 Å².